The van der Waals surface area contributed by atoms with Gasteiger partial charge in [0.25, 0.3) is 0 Å². The number of β-amino-alcohol motifs (C(OH)–C–C–N with tert-alkyl or cyclic N) is 1. The van der Waals surface area contributed by atoms with Crippen molar-refractivity contribution < 1.29 is 19.7 Å². The second-order valence-electron chi connectivity index (χ2n) is 5.45. The van der Waals surface area contributed by atoms with E-state index in [1.165, 1.54) is 4.90 Å². The van der Waals surface area contributed by atoms with Crippen LogP contribution in [-0.2, 0) is 4.74 Å². The number of ether oxygens (including phenoxy) is 1. The highest BCUT2D eigenvalue weighted by Crippen LogP contribution is 2.15. The molecular formula is C11H22N2O4. The van der Waals surface area contributed by atoms with Crippen molar-refractivity contribution in [3.8, 4) is 0 Å². The molecule has 0 saturated carbocycles. The fraction of sp³-hybridized carbons (Fsp3) is 0.909. The maximum Gasteiger partial charge on any atom is 0.410 e. The standard InChI is InChI=1S/C11H22N2O4/c1-10(2,3)17-9(15)13(4-5-14)8-11(16)6-12-7-11/h12,14,16H,4-8H2,1-3H3. The Balaban J connectivity index is 2.55. The Morgan fingerprint density at radius 1 is 1.47 bits per heavy atom. The monoisotopic (exact) mass is 246 g/mol. The molecule has 0 bridgehead atoms. The van der Waals surface area contributed by atoms with Crippen molar-refractivity contribution in [1.82, 2.24) is 10.2 Å². The number of carbonyl (C=O) groups excluding carboxylic acids is 1. The minimum atomic E-state index is -0.897. The third kappa shape index (κ3) is 4.49. The van der Waals surface area contributed by atoms with E-state index in [9.17, 15) is 9.90 Å². The SMILES string of the molecule is CC(C)(C)OC(=O)N(CCO)CC1(O)CNC1. The number of aliphatic hydroxyl groups excluding tert-OH is 1. The van der Waals surface area contributed by atoms with Crippen LogP contribution >= 0.6 is 0 Å². The van der Waals surface area contributed by atoms with Crippen LogP contribution in [0.15, 0.2) is 0 Å². The summed E-state index contributed by atoms with van der Waals surface area (Å²) in [7, 11) is 0. The molecule has 0 unspecified atom stereocenters. The van der Waals surface area contributed by atoms with Crippen molar-refractivity contribution >= 4 is 6.09 Å². The third-order valence-corrected chi connectivity index (χ3v) is 2.41. The summed E-state index contributed by atoms with van der Waals surface area (Å²) in [6.45, 7) is 6.44. The first-order chi connectivity index (χ1) is 7.76. The fourth-order valence-electron chi connectivity index (χ4n) is 1.56. The van der Waals surface area contributed by atoms with E-state index in [1.54, 1.807) is 20.8 Å². The average molecular weight is 246 g/mol. The number of nitrogens with one attached hydrogen (secondary N) is 1. The van der Waals surface area contributed by atoms with E-state index >= 15 is 0 Å². The fourth-order valence-corrected chi connectivity index (χ4v) is 1.56. The van der Waals surface area contributed by atoms with Crippen LogP contribution in [0, 0.1) is 0 Å². The summed E-state index contributed by atoms with van der Waals surface area (Å²) in [5.74, 6) is 0. The molecular weight excluding hydrogens is 224 g/mol. The van der Waals surface area contributed by atoms with Gasteiger partial charge < -0.3 is 25.2 Å². The molecule has 1 amide bonds. The zero-order valence-electron chi connectivity index (χ0n) is 10.7. The van der Waals surface area contributed by atoms with E-state index in [4.69, 9.17) is 9.84 Å². The Hall–Kier alpha value is -0.850. The molecule has 3 N–H and O–H groups in total. The predicted molar refractivity (Wildman–Crippen MR) is 62.7 cm³/mol. The van der Waals surface area contributed by atoms with Crippen LogP contribution in [0.4, 0.5) is 4.79 Å². The van der Waals surface area contributed by atoms with Gasteiger partial charge in [0.1, 0.15) is 11.2 Å². The highest BCUT2D eigenvalue weighted by Gasteiger charge is 2.38. The molecule has 1 heterocycles. The normalized spacial score (nSPS) is 18.4. The summed E-state index contributed by atoms with van der Waals surface area (Å²) in [6, 6.07) is 0. The van der Waals surface area contributed by atoms with Gasteiger partial charge in [-0.25, -0.2) is 4.79 Å². The molecule has 6 heteroatoms. The van der Waals surface area contributed by atoms with Crippen LogP contribution in [0.1, 0.15) is 20.8 Å². The molecule has 1 saturated heterocycles. The summed E-state index contributed by atoms with van der Waals surface area (Å²) in [6.07, 6.45) is -0.508. The largest absolute Gasteiger partial charge is 0.444 e. The summed E-state index contributed by atoms with van der Waals surface area (Å²) >= 11 is 0. The van der Waals surface area contributed by atoms with E-state index in [0.717, 1.165) is 0 Å². The van der Waals surface area contributed by atoms with Gasteiger partial charge in [0.2, 0.25) is 0 Å². The van der Waals surface area contributed by atoms with Crippen LogP contribution in [0.5, 0.6) is 0 Å². The van der Waals surface area contributed by atoms with Gasteiger partial charge in [0, 0.05) is 19.6 Å². The Bertz CT molecular complexity index is 271. The molecule has 0 spiro atoms. The highest BCUT2D eigenvalue weighted by molar-refractivity contribution is 5.68. The first kappa shape index (κ1) is 14.2. The number of rotatable bonds is 4. The first-order valence-electron chi connectivity index (χ1n) is 5.78. The Labute approximate surface area is 102 Å². The molecule has 0 aromatic rings. The number of aliphatic hydroxyl groups is 2. The van der Waals surface area contributed by atoms with Gasteiger partial charge in [-0.05, 0) is 20.8 Å². The molecule has 1 aliphatic heterocycles. The second-order valence-corrected chi connectivity index (χ2v) is 5.45. The third-order valence-electron chi connectivity index (χ3n) is 2.41. The molecule has 17 heavy (non-hydrogen) atoms. The van der Waals surface area contributed by atoms with Crippen molar-refractivity contribution in [1.29, 1.82) is 0 Å². The van der Waals surface area contributed by atoms with Gasteiger partial charge in [-0.2, -0.15) is 0 Å². The van der Waals surface area contributed by atoms with Gasteiger partial charge in [-0.3, -0.25) is 0 Å². The smallest absolute Gasteiger partial charge is 0.410 e. The number of carbonyl (C=O) groups is 1. The topological polar surface area (TPSA) is 82.0 Å². The molecule has 1 aliphatic rings. The molecule has 100 valence electrons. The molecule has 0 radical (unpaired) electrons. The Morgan fingerprint density at radius 2 is 2.06 bits per heavy atom. The molecule has 6 nitrogen and oxygen atoms in total. The number of nitrogens with zero attached hydrogens (tertiary/aromatic N) is 1. The Kier molecular flexibility index (Phi) is 4.35. The second kappa shape index (κ2) is 5.20. The van der Waals surface area contributed by atoms with E-state index in [-0.39, 0.29) is 19.7 Å². The predicted octanol–water partition coefficient (Wildman–Crippen LogP) is -0.450. The van der Waals surface area contributed by atoms with Crippen molar-refractivity contribution in [2.45, 2.75) is 32.0 Å². The van der Waals surface area contributed by atoms with Gasteiger partial charge in [-0.1, -0.05) is 0 Å². The van der Waals surface area contributed by atoms with E-state index in [1.807, 2.05) is 0 Å². The lowest BCUT2D eigenvalue weighted by Crippen LogP contribution is -2.65. The summed E-state index contributed by atoms with van der Waals surface area (Å²) < 4.78 is 5.21. The number of hydrogen-bond acceptors (Lipinski definition) is 5. The van der Waals surface area contributed by atoms with Crippen LogP contribution in [0.3, 0.4) is 0 Å². The van der Waals surface area contributed by atoms with E-state index < -0.39 is 17.3 Å². The molecule has 0 aromatic carbocycles. The molecule has 1 fully saturated rings. The van der Waals surface area contributed by atoms with Crippen molar-refractivity contribution in [2.75, 3.05) is 32.8 Å². The highest BCUT2D eigenvalue weighted by atomic mass is 16.6. The minimum absolute atomic E-state index is 0.150. The maximum atomic E-state index is 11.8. The van der Waals surface area contributed by atoms with Crippen LogP contribution in [0.2, 0.25) is 0 Å². The summed E-state index contributed by atoms with van der Waals surface area (Å²) in [5, 5.41) is 21.8. The molecule has 0 aromatic heterocycles. The van der Waals surface area contributed by atoms with E-state index in [0.29, 0.717) is 13.1 Å². The summed E-state index contributed by atoms with van der Waals surface area (Å²) in [4.78, 5) is 13.2. The lowest BCUT2D eigenvalue weighted by atomic mass is 9.97. The zero-order chi connectivity index (χ0) is 13.1. The maximum absolute atomic E-state index is 11.8. The quantitative estimate of drug-likeness (QED) is 0.626. The van der Waals surface area contributed by atoms with Crippen LogP contribution in [0.25, 0.3) is 0 Å². The molecule has 0 atom stereocenters. The molecule has 1 rings (SSSR count). The van der Waals surface area contributed by atoms with Crippen molar-refractivity contribution in [2.24, 2.45) is 0 Å². The van der Waals surface area contributed by atoms with Gasteiger partial charge in [0.05, 0.1) is 13.2 Å². The van der Waals surface area contributed by atoms with Gasteiger partial charge in [0.15, 0.2) is 0 Å². The van der Waals surface area contributed by atoms with Gasteiger partial charge in [-0.15, -0.1) is 0 Å². The number of amides is 1. The van der Waals surface area contributed by atoms with Crippen LogP contribution < -0.4 is 5.32 Å². The molecule has 0 aliphatic carbocycles. The first-order valence-corrected chi connectivity index (χ1v) is 5.78. The summed E-state index contributed by atoms with van der Waals surface area (Å²) in [5.41, 5.74) is -1.47. The van der Waals surface area contributed by atoms with Gasteiger partial charge >= 0.3 is 6.09 Å². The van der Waals surface area contributed by atoms with Crippen molar-refractivity contribution in [3.05, 3.63) is 0 Å². The lowest BCUT2D eigenvalue weighted by Gasteiger charge is -2.41. The zero-order valence-corrected chi connectivity index (χ0v) is 10.7. The number of hydrogen-bond donors (Lipinski definition) is 3. The Morgan fingerprint density at radius 3 is 2.41 bits per heavy atom. The lowest BCUT2D eigenvalue weighted by molar-refractivity contribution is -0.0479. The minimum Gasteiger partial charge on any atom is -0.444 e. The van der Waals surface area contributed by atoms with E-state index in [2.05, 4.69) is 5.32 Å². The van der Waals surface area contributed by atoms with Crippen molar-refractivity contribution in [3.63, 3.8) is 0 Å². The average Bonchev–Trinajstić information content (AvgIpc) is 2.12. The van der Waals surface area contributed by atoms with Crippen LogP contribution in [-0.4, -0.2) is 65.2 Å².